The summed E-state index contributed by atoms with van der Waals surface area (Å²) in [5.41, 5.74) is 9.61. The topological polar surface area (TPSA) is 64.9 Å². The average molecular weight is 344 g/mol. The van der Waals surface area contributed by atoms with Gasteiger partial charge in [0, 0.05) is 16.6 Å². The van der Waals surface area contributed by atoms with E-state index in [2.05, 4.69) is 26.1 Å². The number of anilines is 1. The van der Waals surface area contributed by atoms with Crippen LogP contribution < -0.4 is 5.73 Å². The van der Waals surface area contributed by atoms with Crippen LogP contribution >= 0.6 is 15.9 Å². The summed E-state index contributed by atoms with van der Waals surface area (Å²) in [4.78, 5) is 4.45. The Kier molecular flexibility index (Phi) is 3.75. The van der Waals surface area contributed by atoms with Gasteiger partial charge in [-0.15, -0.1) is 0 Å². The Morgan fingerprint density at radius 3 is 2.62 bits per heavy atom. The normalized spacial score (nSPS) is 10.8. The lowest BCUT2D eigenvalue weighted by Crippen LogP contribution is -1.94. The molecule has 0 spiro atoms. The summed E-state index contributed by atoms with van der Waals surface area (Å²) in [5, 5.41) is 4.04. The fourth-order valence-corrected chi connectivity index (χ4v) is 2.46. The maximum absolute atomic E-state index is 6.00. The van der Waals surface area contributed by atoms with E-state index in [4.69, 9.17) is 10.3 Å². The van der Waals surface area contributed by atoms with Crippen molar-refractivity contribution in [2.75, 3.05) is 5.73 Å². The van der Waals surface area contributed by atoms with E-state index in [9.17, 15) is 0 Å². The van der Waals surface area contributed by atoms with Gasteiger partial charge in [-0.2, -0.15) is 4.98 Å². The molecule has 0 radical (unpaired) electrons. The van der Waals surface area contributed by atoms with Gasteiger partial charge < -0.3 is 10.3 Å². The summed E-state index contributed by atoms with van der Waals surface area (Å²) >= 11 is 3.42. The molecule has 0 atom stereocenters. The van der Waals surface area contributed by atoms with Crippen molar-refractivity contribution in [3.8, 4) is 11.5 Å². The maximum Gasteiger partial charge on any atom is 0.260 e. The van der Waals surface area contributed by atoms with Crippen LogP contribution in [0.3, 0.4) is 0 Å². The SMILES string of the molecule is Cc1cccc(N)c1-c1nc(Cc2ccc(Br)cc2)no1. The van der Waals surface area contributed by atoms with Gasteiger partial charge in [0.1, 0.15) is 0 Å². The van der Waals surface area contributed by atoms with E-state index in [-0.39, 0.29) is 0 Å². The Balaban J connectivity index is 1.88. The number of aromatic nitrogens is 2. The number of nitrogens with zero attached hydrogens (tertiary/aromatic N) is 2. The van der Waals surface area contributed by atoms with Crippen molar-refractivity contribution in [1.29, 1.82) is 0 Å². The lowest BCUT2D eigenvalue weighted by Gasteiger charge is -2.03. The van der Waals surface area contributed by atoms with Crippen molar-refractivity contribution in [2.45, 2.75) is 13.3 Å². The van der Waals surface area contributed by atoms with Crippen LogP contribution in [-0.4, -0.2) is 10.1 Å². The number of halogens is 1. The van der Waals surface area contributed by atoms with Gasteiger partial charge in [0.05, 0.1) is 5.56 Å². The highest BCUT2D eigenvalue weighted by atomic mass is 79.9. The van der Waals surface area contributed by atoms with Crippen LogP contribution in [0.15, 0.2) is 51.5 Å². The summed E-state index contributed by atoms with van der Waals surface area (Å²) in [5.74, 6) is 1.12. The van der Waals surface area contributed by atoms with Crippen LogP contribution in [0.25, 0.3) is 11.5 Å². The van der Waals surface area contributed by atoms with E-state index < -0.39 is 0 Å². The van der Waals surface area contributed by atoms with Crippen LogP contribution in [0, 0.1) is 6.92 Å². The second-order valence-corrected chi connectivity index (χ2v) is 5.77. The molecule has 0 amide bonds. The van der Waals surface area contributed by atoms with Crippen molar-refractivity contribution < 1.29 is 4.52 Å². The third kappa shape index (κ3) is 2.97. The Morgan fingerprint density at radius 2 is 1.90 bits per heavy atom. The highest BCUT2D eigenvalue weighted by molar-refractivity contribution is 9.10. The second-order valence-electron chi connectivity index (χ2n) is 4.86. The number of rotatable bonds is 3. The first-order chi connectivity index (χ1) is 10.1. The van der Waals surface area contributed by atoms with Crippen molar-refractivity contribution in [2.24, 2.45) is 0 Å². The van der Waals surface area contributed by atoms with Crippen LogP contribution in [0.2, 0.25) is 0 Å². The molecule has 5 heteroatoms. The third-order valence-corrected chi connectivity index (χ3v) is 3.79. The van der Waals surface area contributed by atoms with Crippen LogP contribution in [0.1, 0.15) is 17.0 Å². The van der Waals surface area contributed by atoms with E-state index in [1.54, 1.807) is 0 Å². The number of hydrogen-bond acceptors (Lipinski definition) is 4. The van der Waals surface area contributed by atoms with Crippen molar-refractivity contribution in [3.63, 3.8) is 0 Å². The largest absolute Gasteiger partial charge is 0.398 e. The molecule has 21 heavy (non-hydrogen) atoms. The lowest BCUT2D eigenvalue weighted by molar-refractivity contribution is 0.424. The van der Waals surface area contributed by atoms with Gasteiger partial charge in [0.2, 0.25) is 0 Å². The molecular weight excluding hydrogens is 330 g/mol. The molecule has 0 fully saturated rings. The van der Waals surface area contributed by atoms with Gasteiger partial charge in [-0.25, -0.2) is 0 Å². The monoisotopic (exact) mass is 343 g/mol. The molecule has 2 aromatic carbocycles. The molecule has 0 aliphatic carbocycles. The summed E-state index contributed by atoms with van der Waals surface area (Å²) in [7, 11) is 0. The van der Waals surface area contributed by atoms with Crippen molar-refractivity contribution in [1.82, 2.24) is 10.1 Å². The maximum atomic E-state index is 6.00. The zero-order chi connectivity index (χ0) is 14.8. The quantitative estimate of drug-likeness (QED) is 0.730. The predicted octanol–water partition coefficient (Wildman–Crippen LogP) is 3.98. The minimum Gasteiger partial charge on any atom is -0.398 e. The minimum absolute atomic E-state index is 0.470. The number of nitrogens with two attached hydrogens (primary N) is 1. The minimum atomic E-state index is 0.470. The smallest absolute Gasteiger partial charge is 0.260 e. The van der Waals surface area contributed by atoms with Gasteiger partial charge in [0.25, 0.3) is 5.89 Å². The van der Waals surface area contributed by atoms with E-state index >= 15 is 0 Å². The highest BCUT2D eigenvalue weighted by Gasteiger charge is 2.14. The summed E-state index contributed by atoms with van der Waals surface area (Å²) in [6.45, 7) is 1.98. The molecule has 4 nitrogen and oxygen atoms in total. The third-order valence-electron chi connectivity index (χ3n) is 3.26. The number of benzene rings is 2. The highest BCUT2D eigenvalue weighted by Crippen LogP contribution is 2.28. The van der Waals surface area contributed by atoms with E-state index in [1.807, 2.05) is 49.4 Å². The second kappa shape index (κ2) is 5.69. The number of aryl methyl sites for hydroxylation is 1. The summed E-state index contributed by atoms with van der Waals surface area (Å²) in [6.07, 6.45) is 0.628. The first-order valence-corrected chi connectivity index (χ1v) is 7.35. The zero-order valence-corrected chi connectivity index (χ0v) is 13.1. The fraction of sp³-hybridized carbons (Fsp3) is 0.125. The molecule has 1 heterocycles. The predicted molar refractivity (Wildman–Crippen MR) is 85.8 cm³/mol. The van der Waals surface area contributed by atoms with Crippen molar-refractivity contribution >= 4 is 21.6 Å². The fourth-order valence-electron chi connectivity index (χ4n) is 2.19. The molecule has 2 N–H and O–H groups in total. The van der Waals surface area contributed by atoms with Crippen LogP contribution in [0.5, 0.6) is 0 Å². The first kappa shape index (κ1) is 13.8. The Morgan fingerprint density at radius 1 is 1.14 bits per heavy atom. The first-order valence-electron chi connectivity index (χ1n) is 6.56. The Bertz CT molecular complexity index is 745. The summed E-state index contributed by atoms with van der Waals surface area (Å²) < 4.78 is 6.41. The number of hydrogen-bond donors (Lipinski definition) is 1. The van der Waals surface area contributed by atoms with Gasteiger partial charge in [0.15, 0.2) is 5.82 Å². The Hall–Kier alpha value is -2.14. The van der Waals surface area contributed by atoms with Gasteiger partial charge >= 0.3 is 0 Å². The molecule has 0 saturated carbocycles. The van der Waals surface area contributed by atoms with Gasteiger partial charge in [-0.3, -0.25) is 0 Å². The number of nitrogen functional groups attached to an aromatic ring is 1. The Labute approximate surface area is 131 Å². The van der Waals surface area contributed by atoms with E-state index in [0.29, 0.717) is 23.8 Å². The molecule has 0 bridgehead atoms. The van der Waals surface area contributed by atoms with Crippen LogP contribution in [0.4, 0.5) is 5.69 Å². The molecule has 0 aliphatic heterocycles. The molecule has 0 unspecified atom stereocenters. The lowest BCUT2D eigenvalue weighted by atomic mass is 10.1. The molecule has 106 valence electrons. The standard InChI is InChI=1S/C16H14BrN3O/c1-10-3-2-4-13(18)15(10)16-19-14(20-21-16)9-11-5-7-12(17)8-6-11/h2-8H,9,18H2,1H3. The van der Waals surface area contributed by atoms with Gasteiger partial charge in [-0.05, 0) is 36.2 Å². The zero-order valence-electron chi connectivity index (χ0n) is 11.5. The molecule has 0 saturated heterocycles. The van der Waals surface area contributed by atoms with Crippen LogP contribution in [-0.2, 0) is 6.42 Å². The molecule has 1 aromatic heterocycles. The average Bonchev–Trinajstić information content (AvgIpc) is 2.89. The molecule has 3 aromatic rings. The van der Waals surface area contributed by atoms with E-state index in [1.165, 1.54) is 0 Å². The summed E-state index contributed by atoms with van der Waals surface area (Å²) in [6, 6.07) is 13.8. The molecule has 3 rings (SSSR count). The van der Waals surface area contributed by atoms with Gasteiger partial charge in [-0.1, -0.05) is 45.4 Å². The van der Waals surface area contributed by atoms with E-state index in [0.717, 1.165) is 21.2 Å². The van der Waals surface area contributed by atoms with Crippen molar-refractivity contribution in [3.05, 3.63) is 63.9 Å². The molecule has 0 aliphatic rings. The molecular formula is C16H14BrN3O.